The molecule has 0 spiro atoms. The second-order valence-electron chi connectivity index (χ2n) is 7.51. The Morgan fingerprint density at radius 2 is 1.04 bits per heavy atom. The van der Waals surface area contributed by atoms with Crippen LogP contribution in [-0.2, 0) is 5.41 Å². The molecule has 1 aliphatic rings. The van der Waals surface area contributed by atoms with Gasteiger partial charge in [0.1, 0.15) is 11.5 Å². The third kappa shape index (κ3) is 3.76. The van der Waals surface area contributed by atoms with Crippen molar-refractivity contribution >= 4 is 63.7 Å². The number of phenols is 2. The van der Waals surface area contributed by atoms with Crippen LogP contribution in [0.2, 0.25) is 0 Å². The molecule has 3 rings (SSSR count). The molecule has 1 aliphatic carbocycles. The van der Waals surface area contributed by atoms with Crippen LogP contribution in [0.25, 0.3) is 0 Å². The lowest BCUT2D eigenvalue weighted by Crippen LogP contribution is -2.37. The van der Waals surface area contributed by atoms with Crippen molar-refractivity contribution in [2.45, 2.75) is 38.5 Å². The van der Waals surface area contributed by atoms with Crippen molar-refractivity contribution in [3.63, 3.8) is 0 Å². The predicted molar refractivity (Wildman–Crippen MR) is 120 cm³/mol. The van der Waals surface area contributed by atoms with Crippen LogP contribution in [0.5, 0.6) is 11.5 Å². The molecular formula is C20H20Br4O2. The summed E-state index contributed by atoms with van der Waals surface area (Å²) >= 11 is 14.0. The van der Waals surface area contributed by atoms with E-state index in [4.69, 9.17) is 0 Å². The molecule has 2 aromatic carbocycles. The van der Waals surface area contributed by atoms with E-state index in [1.807, 2.05) is 24.3 Å². The van der Waals surface area contributed by atoms with Crippen molar-refractivity contribution < 1.29 is 10.2 Å². The highest BCUT2D eigenvalue weighted by molar-refractivity contribution is 9.11. The van der Waals surface area contributed by atoms with E-state index < -0.39 is 0 Å². The fourth-order valence-electron chi connectivity index (χ4n) is 4.45. The van der Waals surface area contributed by atoms with Gasteiger partial charge in [0.05, 0.1) is 17.9 Å². The molecule has 0 saturated heterocycles. The van der Waals surface area contributed by atoms with E-state index in [1.54, 1.807) is 0 Å². The molecule has 0 amide bonds. The molecule has 2 unspecified atom stereocenters. The first-order chi connectivity index (χ1) is 12.1. The molecule has 2 atom stereocenters. The van der Waals surface area contributed by atoms with Gasteiger partial charge in [0.15, 0.2) is 0 Å². The third-order valence-electron chi connectivity index (χ3n) is 5.34. The maximum absolute atomic E-state index is 10.2. The molecule has 0 heterocycles. The fourth-order valence-corrected chi connectivity index (χ4v) is 6.82. The third-order valence-corrected chi connectivity index (χ3v) is 7.76. The Labute approximate surface area is 187 Å². The normalized spacial score (nSPS) is 22.4. The predicted octanol–water partition coefficient (Wildman–Crippen LogP) is 7.89. The Kier molecular flexibility index (Phi) is 6.18. The highest BCUT2D eigenvalue weighted by atomic mass is 79.9. The SMILES string of the molecule is CC1CC(C)CC(c2cc(Br)c(O)c(Br)c2)(c2cc(Br)c(O)c(Br)c2)C1. The van der Waals surface area contributed by atoms with Gasteiger partial charge in [-0.15, -0.1) is 0 Å². The summed E-state index contributed by atoms with van der Waals surface area (Å²) in [5.74, 6) is 1.59. The molecule has 0 bridgehead atoms. The Morgan fingerprint density at radius 3 is 1.35 bits per heavy atom. The van der Waals surface area contributed by atoms with E-state index in [2.05, 4.69) is 77.6 Å². The smallest absolute Gasteiger partial charge is 0.143 e. The van der Waals surface area contributed by atoms with Crippen LogP contribution in [0.1, 0.15) is 44.2 Å². The van der Waals surface area contributed by atoms with Crippen molar-refractivity contribution in [2.75, 3.05) is 0 Å². The van der Waals surface area contributed by atoms with E-state index in [1.165, 1.54) is 6.42 Å². The topological polar surface area (TPSA) is 40.5 Å². The van der Waals surface area contributed by atoms with Gasteiger partial charge in [-0.25, -0.2) is 0 Å². The highest BCUT2D eigenvalue weighted by Crippen LogP contribution is 2.52. The van der Waals surface area contributed by atoms with Gasteiger partial charge in [-0.05, 0) is 130 Å². The fraction of sp³-hybridized carbons (Fsp3) is 0.400. The van der Waals surface area contributed by atoms with Crippen LogP contribution < -0.4 is 0 Å². The van der Waals surface area contributed by atoms with Gasteiger partial charge in [0.25, 0.3) is 0 Å². The van der Waals surface area contributed by atoms with Gasteiger partial charge in [-0.3, -0.25) is 0 Å². The van der Waals surface area contributed by atoms with Crippen LogP contribution in [0.3, 0.4) is 0 Å². The maximum Gasteiger partial charge on any atom is 0.143 e. The number of aromatic hydroxyl groups is 2. The van der Waals surface area contributed by atoms with E-state index in [0.29, 0.717) is 29.7 Å². The van der Waals surface area contributed by atoms with Gasteiger partial charge in [-0.2, -0.15) is 0 Å². The Balaban J connectivity index is 2.28. The molecule has 26 heavy (non-hydrogen) atoms. The molecule has 6 heteroatoms. The summed E-state index contributed by atoms with van der Waals surface area (Å²) in [6.07, 6.45) is 3.25. The van der Waals surface area contributed by atoms with Crippen LogP contribution in [0, 0.1) is 11.8 Å². The Morgan fingerprint density at radius 1 is 0.731 bits per heavy atom. The number of hydrogen-bond donors (Lipinski definition) is 2. The van der Waals surface area contributed by atoms with Gasteiger partial charge in [0.2, 0.25) is 0 Å². The van der Waals surface area contributed by atoms with Crippen molar-refractivity contribution in [2.24, 2.45) is 11.8 Å². The Hall–Kier alpha value is -0.0400. The molecule has 2 nitrogen and oxygen atoms in total. The first-order valence-electron chi connectivity index (χ1n) is 8.51. The van der Waals surface area contributed by atoms with Crippen molar-refractivity contribution in [1.82, 2.24) is 0 Å². The molecule has 0 aliphatic heterocycles. The minimum Gasteiger partial charge on any atom is -0.506 e. The summed E-state index contributed by atoms with van der Waals surface area (Å²) in [7, 11) is 0. The average molecular weight is 612 g/mol. The average Bonchev–Trinajstić information content (AvgIpc) is 2.55. The lowest BCUT2D eigenvalue weighted by atomic mass is 9.60. The monoisotopic (exact) mass is 608 g/mol. The van der Waals surface area contributed by atoms with Crippen molar-refractivity contribution in [1.29, 1.82) is 0 Å². The number of phenolic OH excluding ortho intramolecular Hbond substituents is 2. The summed E-state index contributed by atoms with van der Waals surface area (Å²) in [6, 6.07) is 8.11. The zero-order valence-electron chi connectivity index (χ0n) is 14.5. The molecule has 1 saturated carbocycles. The highest BCUT2D eigenvalue weighted by Gasteiger charge is 2.42. The second kappa shape index (κ2) is 7.76. The summed E-state index contributed by atoms with van der Waals surface area (Å²) in [6.45, 7) is 4.61. The molecular weight excluding hydrogens is 592 g/mol. The van der Waals surface area contributed by atoms with Crippen LogP contribution in [0.4, 0.5) is 0 Å². The zero-order valence-corrected chi connectivity index (χ0v) is 20.8. The molecule has 1 fully saturated rings. The van der Waals surface area contributed by atoms with E-state index >= 15 is 0 Å². The number of benzene rings is 2. The van der Waals surface area contributed by atoms with E-state index in [-0.39, 0.29) is 16.9 Å². The van der Waals surface area contributed by atoms with Crippen LogP contribution >= 0.6 is 63.7 Å². The molecule has 2 N–H and O–H groups in total. The molecule has 140 valence electrons. The van der Waals surface area contributed by atoms with Gasteiger partial charge in [-0.1, -0.05) is 13.8 Å². The van der Waals surface area contributed by atoms with Crippen LogP contribution in [0.15, 0.2) is 42.2 Å². The second-order valence-corrected chi connectivity index (χ2v) is 10.9. The standard InChI is InChI=1S/C20H20Br4O2/c1-10-3-11(2)9-20(8-10,12-4-14(21)18(25)15(22)5-12)13-6-16(23)19(26)17(24)7-13/h4-7,10-11,25-26H,3,8-9H2,1-2H3. The quantitative estimate of drug-likeness (QED) is 0.363. The minimum absolute atomic E-state index is 0.186. The summed E-state index contributed by atoms with van der Waals surface area (Å²) in [5, 5.41) is 20.3. The lowest BCUT2D eigenvalue weighted by Gasteiger charge is -2.44. The lowest BCUT2D eigenvalue weighted by molar-refractivity contribution is 0.210. The van der Waals surface area contributed by atoms with Crippen molar-refractivity contribution in [3.05, 3.63) is 53.3 Å². The van der Waals surface area contributed by atoms with Gasteiger partial charge >= 0.3 is 0 Å². The zero-order chi connectivity index (χ0) is 19.2. The van der Waals surface area contributed by atoms with Crippen molar-refractivity contribution in [3.8, 4) is 11.5 Å². The van der Waals surface area contributed by atoms with Gasteiger partial charge < -0.3 is 10.2 Å². The first kappa shape index (κ1) is 20.7. The Bertz CT molecular complexity index is 734. The van der Waals surface area contributed by atoms with E-state index in [9.17, 15) is 10.2 Å². The minimum atomic E-state index is -0.186. The van der Waals surface area contributed by atoms with Crippen LogP contribution in [-0.4, -0.2) is 10.2 Å². The summed E-state index contributed by atoms with van der Waals surface area (Å²) < 4.78 is 2.74. The summed E-state index contributed by atoms with van der Waals surface area (Å²) in [4.78, 5) is 0. The molecule has 0 radical (unpaired) electrons. The van der Waals surface area contributed by atoms with E-state index in [0.717, 1.165) is 24.0 Å². The molecule has 2 aromatic rings. The first-order valence-corrected chi connectivity index (χ1v) is 11.7. The van der Waals surface area contributed by atoms with Gasteiger partial charge in [0, 0.05) is 5.41 Å². The largest absolute Gasteiger partial charge is 0.506 e. The molecule has 0 aromatic heterocycles. The number of rotatable bonds is 2. The summed E-state index contributed by atoms with van der Waals surface area (Å²) in [5.41, 5.74) is 2.14. The number of halogens is 4. The maximum atomic E-state index is 10.2. The number of hydrogen-bond acceptors (Lipinski definition) is 2.